The first-order chi connectivity index (χ1) is 11.1. The van der Waals surface area contributed by atoms with Crippen molar-refractivity contribution in [3.8, 4) is 0 Å². The Bertz CT molecular complexity index is 669. The Morgan fingerprint density at radius 1 is 1.17 bits per heavy atom. The normalized spacial score (nSPS) is 11.2. The SMILES string of the molecule is CC(=O)Nc1ccc(N(CC(=O)NCCC(C)C)S(C)(=O)=O)cc1. The standard InChI is InChI=1S/C16H25N3O4S/c1-12(2)9-10-17-16(21)11-19(24(4,22)23)15-7-5-14(6-8-15)18-13(3)20/h5-8,12H,9-11H2,1-4H3,(H,17,21)(H,18,20). The Morgan fingerprint density at radius 2 is 1.75 bits per heavy atom. The molecule has 0 atom stereocenters. The summed E-state index contributed by atoms with van der Waals surface area (Å²) in [5.41, 5.74) is 0.923. The summed E-state index contributed by atoms with van der Waals surface area (Å²) in [6, 6.07) is 6.28. The third-order valence-corrected chi connectivity index (χ3v) is 4.35. The molecule has 0 spiro atoms. The highest BCUT2D eigenvalue weighted by molar-refractivity contribution is 7.92. The van der Waals surface area contributed by atoms with Crippen LogP contribution in [-0.4, -0.2) is 39.6 Å². The van der Waals surface area contributed by atoms with Crippen molar-refractivity contribution in [3.05, 3.63) is 24.3 Å². The van der Waals surface area contributed by atoms with Crippen molar-refractivity contribution >= 4 is 33.2 Å². The number of benzene rings is 1. The number of amides is 2. The fraction of sp³-hybridized carbons (Fsp3) is 0.500. The minimum absolute atomic E-state index is 0.216. The third-order valence-electron chi connectivity index (χ3n) is 3.21. The van der Waals surface area contributed by atoms with E-state index in [0.717, 1.165) is 17.0 Å². The van der Waals surface area contributed by atoms with E-state index in [-0.39, 0.29) is 18.4 Å². The Kier molecular flexibility index (Phi) is 7.21. The van der Waals surface area contributed by atoms with Gasteiger partial charge in [-0.25, -0.2) is 8.42 Å². The maximum atomic E-state index is 12.0. The molecule has 0 bridgehead atoms. The molecule has 0 radical (unpaired) electrons. The number of nitrogens with zero attached hydrogens (tertiary/aromatic N) is 1. The van der Waals surface area contributed by atoms with Crippen molar-refractivity contribution < 1.29 is 18.0 Å². The van der Waals surface area contributed by atoms with Gasteiger partial charge in [0.2, 0.25) is 21.8 Å². The van der Waals surface area contributed by atoms with Crippen LogP contribution in [0.15, 0.2) is 24.3 Å². The van der Waals surface area contributed by atoms with Gasteiger partial charge in [-0.15, -0.1) is 0 Å². The second-order valence-corrected chi connectivity index (χ2v) is 7.94. The molecule has 0 saturated carbocycles. The van der Waals surface area contributed by atoms with E-state index in [1.54, 1.807) is 24.3 Å². The minimum Gasteiger partial charge on any atom is -0.355 e. The molecular formula is C16H25N3O4S. The molecule has 0 fully saturated rings. The second-order valence-electron chi connectivity index (χ2n) is 6.03. The lowest BCUT2D eigenvalue weighted by atomic mass is 10.1. The lowest BCUT2D eigenvalue weighted by Gasteiger charge is -2.22. The minimum atomic E-state index is -3.61. The van der Waals surface area contributed by atoms with Gasteiger partial charge in [0.25, 0.3) is 0 Å². The van der Waals surface area contributed by atoms with Crippen molar-refractivity contribution in [3.63, 3.8) is 0 Å². The maximum absolute atomic E-state index is 12.0. The zero-order chi connectivity index (χ0) is 18.3. The first kappa shape index (κ1) is 20.0. The Labute approximate surface area is 143 Å². The first-order valence-corrected chi connectivity index (χ1v) is 9.56. The van der Waals surface area contributed by atoms with Gasteiger partial charge in [-0.05, 0) is 36.6 Å². The zero-order valence-electron chi connectivity index (χ0n) is 14.5. The number of anilines is 2. The smallest absolute Gasteiger partial charge is 0.240 e. The number of nitrogens with one attached hydrogen (secondary N) is 2. The summed E-state index contributed by atoms with van der Waals surface area (Å²) in [4.78, 5) is 23.0. The summed E-state index contributed by atoms with van der Waals surface area (Å²) in [6.07, 6.45) is 1.88. The van der Waals surface area contributed by atoms with Crippen LogP contribution in [0.5, 0.6) is 0 Å². The van der Waals surface area contributed by atoms with Gasteiger partial charge in [-0.1, -0.05) is 13.8 Å². The van der Waals surface area contributed by atoms with Gasteiger partial charge < -0.3 is 10.6 Å². The molecule has 24 heavy (non-hydrogen) atoms. The maximum Gasteiger partial charge on any atom is 0.240 e. The molecule has 1 aromatic carbocycles. The molecule has 8 heteroatoms. The molecule has 1 rings (SSSR count). The van der Waals surface area contributed by atoms with Crippen LogP contribution in [0, 0.1) is 5.92 Å². The number of hydrogen-bond donors (Lipinski definition) is 2. The van der Waals surface area contributed by atoms with E-state index in [0.29, 0.717) is 23.8 Å². The van der Waals surface area contributed by atoms with E-state index in [4.69, 9.17) is 0 Å². The van der Waals surface area contributed by atoms with Gasteiger partial charge in [0, 0.05) is 19.2 Å². The van der Waals surface area contributed by atoms with Crippen molar-refractivity contribution in [2.45, 2.75) is 27.2 Å². The lowest BCUT2D eigenvalue weighted by Crippen LogP contribution is -2.40. The van der Waals surface area contributed by atoms with Crippen LogP contribution in [0.2, 0.25) is 0 Å². The second kappa shape index (κ2) is 8.68. The Morgan fingerprint density at radius 3 is 2.21 bits per heavy atom. The van der Waals surface area contributed by atoms with Crippen LogP contribution in [0.25, 0.3) is 0 Å². The molecular weight excluding hydrogens is 330 g/mol. The third kappa shape index (κ3) is 6.99. The highest BCUT2D eigenvalue weighted by atomic mass is 32.2. The van der Waals surface area contributed by atoms with E-state index in [9.17, 15) is 18.0 Å². The Hall–Kier alpha value is -2.09. The molecule has 0 saturated heterocycles. The number of carbonyl (C=O) groups excluding carboxylic acids is 2. The monoisotopic (exact) mass is 355 g/mol. The van der Waals surface area contributed by atoms with Crippen LogP contribution >= 0.6 is 0 Å². The Balaban J connectivity index is 2.83. The summed E-state index contributed by atoms with van der Waals surface area (Å²) >= 11 is 0. The van der Waals surface area contributed by atoms with Crippen molar-refractivity contribution in [2.24, 2.45) is 5.92 Å². The van der Waals surface area contributed by atoms with Gasteiger partial charge in [-0.2, -0.15) is 0 Å². The predicted molar refractivity (Wildman–Crippen MR) is 95.4 cm³/mol. The molecule has 0 unspecified atom stereocenters. The average molecular weight is 355 g/mol. The van der Waals surface area contributed by atoms with Gasteiger partial charge in [0.1, 0.15) is 6.54 Å². The predicted octanol–water partition coefficient (Wildman–Crippen LogP) is 1.57. The molecule has 2 amide bonds. The van der Waals surface area contributed by atoms with E-state index in [2.05, 4.69) is 10.6 Å². The average Bonchev–Trinajstić information content (AvgIpc) is 2.43. The van der Waals surface area contributed by atoms with E-state index >= 15 is 0 Å². The molecule has 0 aliphatic carbocycles. The summed E-state index contributed by atoms with van der Waals surface area (Å²) in [5.74, 6) is -0.114. The molecule has 0 aliphatic heterocycles. The summed E-state index contributed by atoms with van der Waals surface area (Å²) in [5, 5.41) is 5.32. The van der Waals surface area contributed by atoms with E-state index in [1.165, 1.54) is 6.92 Å². The summed E-state index contributed by atoms with van der Waals surface area (Å²) in [6.45, 7) is 5.71. The molecule has 0 aliphatic rings. The van der Waals surface area contributed by atoms with Crippen LogP contribution in [0.4, 0.5) is 11.4 Å². The molecule has 134 valence electrons. The topological polar surface area (TPSA) is 95.6 Å². The first-order valence-electron chi connectivity index (χ1n) is 7.71. The molecule has 0 heterocycles. The van der Waals surface area contributed by atoms with Crippen LogP contribution < -0.4 is 14.9 Å². The number of rotatable bonds is 8. The highest BCUT2D eigenvalue weighted by Crippen LogP contribution is 2.20. The van der Waals surface area contributed by atoms with Gasteiger partial charge >= 0.3 is 0 Å². The lowest BCUT2D eigenvalue weighted by molar-refractivity contribution is -0.119. The van der Waals surface area contributed by atoms with Gasteiger partial charge in [0.15, 0.2) is 0 Å². The van der Waals surface area contributed by atoms with Crippen molar-refractivity contribution in [2.75, 3.05) is 29.0 Å². The van der Waals surface area contributed by atoms with E-state index < -0.39 is 10.0 Å². The largest absolute Gasteiger partial charge is 0.355 e. The van der Waals surface area contributed by atoms with Crippen LogP contribution in [0.1, 0.15) is 27.2 Å². The number of carbonyl (C=O) groups is 2. The van der Waals surface area contributed by atoms with E-state index in [1.807, 2.05) is 13.8 Å². The highest BCUT2D eigenvalue weighted by Gasteiger charge is 2.20. The zero-order valence-corrected chi connectivity index (χ0v) is 15.3. The van der Waals surface area contributed by atoms with Gasteiger partial charge in [-0.3, -0.25) is 13.9 Å². The number of sulfonamides is 1. The molecule has 2 N–H and O–H groups in total. The molecule has 7 nitrogen and oxygen atoms in total. The fourth-order valence-corrected chi connectivity index (χ4v) is 2.86. The van der Waals surface area contributed by atoms with Crippen molar-refractivity contribution in [1.29, 1.82) is 0 Å². The quantitative estimate of drug-likeness (QED) is 0.740. The molecule has 0 aromatic heterocycles. The number of hydrogen-bond acceptors (Lipinski definition) is 4. The van der Waals surface area contributed by atoms with Crippen molar-refractivity contribution in [1.82, 2.24) is 5.32 Å². The van der Waals surface area contributed by atoms with Gasteiger partial charge in [0.05, 0.1) is 11.9 Å². The summed E-state index contributed by atoms with van der Waals surface area (Å²) in [7, 11) is -3.61. The molecule has 1 aromatic rings. The summed E-state index contributed by atoms with van der Waals surface area (Å²) < 4.78 is 25.0. The fourth-order valence-electron chi connectivity index (χ4n) is 2.00. The van der Waals surface area contributed by atoms with Crippen LogP contribution in [0.3, 0.4) is 0 Å². The van der Waals surface area contributed by atoms with Crippen LogP contribution in [-0.2, 0) is 19.6 Å².